The number of ether oxygens (including phenoxy) is 1. The summed E-state index contributed by atoms with van der Waals surface area (Å²) in [5.41, 5.74) is 0.932. The Balaban J connectivity index is 1.46. The molecule has 1 aliphatic heterocycles. The van der Waals surface area contributed by atoms with Crippen molar-refractivity contribution in [2.75, 3.05) is 38.2 Å². The van der Waals surface area contributed by atoms with E-state index in [1.54, 1.807) is 7.11 Å². The highest BCUT2D eigenvalue weighted by Gasteiger charge is 2.42. The summed E-state index contributed by atoms with van der Waals surface area (Å²) in [4.78, 5) is 14.8. The summed E-state index contributed by atoms with van der Waals surface area (Å²) in [6, 6.07) is 2.97. The Bertz CT molecular complexity index is 633. The van der Waals surface area contributed by atoms with E-state index in [1.165, 1.54) is 38.8 Å². The molecule has 0 aromatic carbocycles. The molecule has 4 rings (SSSR count). The number of aromatic nitrogens is 2. The second kappa shape index (κ2) is 7.08. The fourth-order valence-electron chi connectivity index (χ4n) is 5.14. The van der Waals surface area contributed by atoms with Gasteiger partial charge in [0.25, 0.3) is 0 Å². The van der Waals surface area contributed by atoms with Gasteiger partial charge in [-0.05, 0) is 31.1 Å². The first-order valence-electron chi connectivity index (χ1n) is 10.3. The highest BCUT2D eigenvalue weighted by atomic mass is 16.5. The van der Waals surface area contributed by atoms with Crippen LogP contribution < -0.4 is 4.90 Å². The molecule has 3 atom stereocenters. The van der Waals surface area contributed by atoms with Gasteiger partial charge in [0.15, 0.2) is 0 Å². The fourth-order valence-corrected chi connectivity index (χ4v) is 5.14. The molecule has 3 fully saturated rings. The Kier molecular flexibility index (Phi) is 4.95. The van der Waals surface area contributed by atoms with Gasteiger partial charge in [-0.3, -0.25) is 4.90 Å². The van der Waals surface area contributed by atoms with Gasteiger partial charge in [0.2, 0.25) is 0 Å². The summed E-state index contributed by atoms with van der Waals surface area (Å²) < 4.78 is 5.33. The number of nitrogens with zero attached hydrogens (tertiary/aromatic N) is 4. The number of hydrogen-bond acceptors (Lipinski definition) is 5. The summed E-state index contributed by atoms with van der Waals surface area (Å²) in [5, 5.41) is 0. The van der Waals surface area contributed by atoms with E-state index in [9.17, 15) is 0 Å². The number of hydrogen-bond donors (Lipinski definition) is 0. The highest BCUT2D eigenvalue weighted by molar-refractivity contribution is 5.41. The molecule has 1 saturated heterocycles. The Labute approximate surface area is 158 Å². The van der Waals surface area contributed by atoms with Crippen LogP contribution in [0.1, 0.15) is 58.0 Å². The molecule has 0 radical (unpaired) electrons. The van der Waals surface area contributed by atoms with Crippen LogP contribution >= 0.6 is 0 Å². The average Bonchev–Trinajstić information content (AvgIpc) is 3.24. The third kappa shape index (κ3) is 3.61. The summed E-state index contributed by atoms with van der Waals surface area (Å²) in [7, 11) is 1.73. The van der Waals surface area contributed by atoms with Gasteiger partial charge in [-0.1, -0.05) is 27.2 Å². The van der Waals surface area contributed by atoms with Gasteiger partial charge in [0.1, 0.15) is 11.6 Å². The van der Waals surface area contributed by atoms with Crippen molar-refractivity contribution in [3.05, 3.63) is 17.6 Å². The molecule has 0 spiro atoms. The van der Waals surface area contributed by atoms with Crippen LogP contribution in [0, 0.1) is 11.8 Å². The maximum absolute atomic E-state index is 5.33. The van der Waals surface area contributed by atoms with E-state index in [4.69, 9.17) is 14.7 Å². The Morgan fingerprint density at radius 3 is 2.42 bits per heavy atom. The zero-order valence-corrected chi connectivity index (χ0v) is 16.9. The van der Waals surface area contributed by atoms with Crippen LogP contribution in [0.2, 0.25) is 0 Å². The van der Waals surface area contributed by atoms with E-state index in [1.807, 2.05) is 0 Å². The SMILES string of the molecule is COCc1cc(N2CCN(C3CC4CCC3C4)CC2)nc(C(C)(C)C)n1. The van der Waals surface area contributed by atoms with Gasteiger partial charge >= 0.3 is 0 Å². The lowest BCUT2D eigenvalue weighted by Crippen LogP contribution is -2.52. The van der Waals surface area contributed by atoms with Crippen LogP contribution in [-0.4, -0.2) is 54.2 Å². The molecule has 2 saturated carbocycles. The highest BCUT2D eigenvalue weighted by Crippen LogP contribution is 2.46. The molecule has 1 aromatic heterocycles. The molecule has 0 N–H and O–H groups in total. The van der Waals surface area contributed by atoms with Crippen molar-refractivity contribution in [1.82, 2.24) is 14.9 Å². The maximum atomic E-state index is 5.33. The van der Waals surface area contributed by atoms with Gasteiger partial charge in [-0.2, -0.15) is 0 Å². The van der Waals surface area contributed by atoms with Crippen molar-refractivity contribution < 1.29 is 4.74 Å². The normalized spacial score (nSPS) is 29.5. The van der Waals surface area contributed by atoms with Gasteiger partial charge < -0.3 is 9.64 Å². The van der Waals surface area contributed by atoms with E-state index in [0.29, 0.717) is 6.61 Å². The topological polar surface area (TPSA) is 41.5 Å². The molecule has 5 heteroatoms. The molecule has 1 aromatic rings. The molecule has 144 valence electrons. The van der Waals surface area contributed by atoms with Crippen molar-refractivity contribution in [3.8, 4) is 0 Å². The summed E-state index contributed by atoms with van der Waals surface area (Å²) >= 11 is 0. The zero-order valence-electron chi connectivity index (χ0n) is 16.9. The maximum Gasteiger partial charge on any atom is 0.136 e. The number of methoxy groups -OCH3 is 1. The Morgan fingerprint density at radius 2 is 1.85 bits per heavy atom. The Hall–Kier alpha value is -1.20. The monoisotopic (exact) mass is 358 g/mol. The Morgan fingerprint density at radius 1 is 1.08 bits per heavy atom. The first-order valence-corrected chi connectivity index (χ1v) is 10.3. The standard InChI is InChI=1S/C21H34N4O/c1-21(2,3)20-22-17(14-26-4)13-19(23-20)25-9-7-24(8-10-25)18-12-15-5-6-16(18)11-15/h13,15-16,18H,5-12,14H2,1-4H3. The van der Waals surface area contributed by atoms with Crippen molar-refractivity contribution in [2.45, 2.75) is 64.5 Å². The minimum atomic E-state index is -0.0522. The number of rotatable bonds is 4. The fraction of sp³-hybridized carbons (Fsp3) is 0.810. The van der Waals surface area contributed by atoms with Crippen molar-refractivity contribution in [1.29, 1.82) is 0 Å². The molecular formula is C21H34N4O. The minimum absolute atomic E-state index is 0.0522. The molecule has 3 unspecified atom stereocenters. The van der Waals surface area contributed by atoms with Gasteiger partial charge in [-0.25, -0.2) is 9.97 Å². The molecule has 5 nitrogen and oxygen atoms in total. The quantitative estimate of drug-likeness (QED) is 0.826. The molecule has 0 amide bonds. The molecule has 2 aliphatic carbocycles. The minimum Gasteiger partial charge on any atom is -0.378 e. The summed E-state index contributed by atoms with van der Waals surface area (Å²) in [6.07, 6.45) is 5.90. The number of fused-ring (bicyclic) bond motifs is 2. The molecule has 26 heavy (non-hydrogen) atoms. The lowest BCUT2D eigenvalue weighted by atomic mass is 9.93. The first kappa shape index (κ1) is 18.2. The third-order valence-electron chi connectivity index (χ3n) is 6.54. The largest absolute Gasteiger partial charge is 0.378 e. The van der Waals surface area contributed by atoms with Gasteiger partial charge in [0.05, 0.1) is 12.3 Å². The van der Waals surface area contributed by atoms with Gasteiger partial charge in [-0.15, -0.1) is 0 Å². The lowest BCUT2D eigenvalue weighted by molar-refractivity contribution is 0.134. The predicted molar refractivity (Wildman–Crippen MR) is 104 cm³/mol. The van der Waals surface area contributed by atoms with Gasteiger partial charge in [0, 0.05) is 50.8 Å². The van der Waals surface area contributed by atoms with Crippen LogP contribution in [0.4, 0.5) is 5.82 Å². The summed E-state index contributed by atoms with van der Waals surface area (Å²) in [5.74, 6) is 3.99. The molecule has 3 aliphatic rings. The molecular weight excluding hydrogens is 324 g/mol. The smallest absolute Gasteiger partial charge is 0.136 e. The number of piperazine rings is 1. The zero-order chi connectivity index (χ0) is 18.3. The summed E-state index contributed by atoms with van der Waals surface area (Å²) in [6.45, 7) is 11.6. The van der Waals surface area contributed by atoms with Crippen molar-refractivity contribution in [2.24, 2.45) is 11.8 Å². The predicted octanol–water partition coefficient (Wildman–Crippen LogP) is 3.23. The van der Waals surface area contributed by atoms with Crippen molar-refractivity contribution >= 4 is 5.82 Å². The molecule has 2 bridgehead atoms. The van der Waals surface area contributed by atoms with E-state index in [0.717, 1.165) is 48.3 Å². The van der Waals surface area contributed by atoms with E-state index >= 15 is 0 Å². The van der Waals surface area contributed by atoms with E-state index in [2.05, 4.69) is 36.6 Å². The van der Waals surface area contributed by atoms with E-state index < -0.39 is 0 Å². The first-order chi connectivity index (χ1) is 12.4. The third-order valence-corrected chi connectivity index (χ3v) is 6.54. The lowest BCUT2D eigenvalue weighted by Gasteiger charge is -2.41. The second-order valence-electron chi connectivity index (χ2n) is 9.49. The second-order valence-corrected chi connectivity index (χ2v) is 9.49. The van der Waals surface area contributed by atoms with Crippen molar-refractivity contribution in [3.63, 3.8) is 0 Å². The van der Waals surface area contributed by atoms with Crippen LogP contribution in [0.15, 0.2) is 6.07 Å². The van der Waals surface area contributed by atoms with Crippen LogP contribution in [0.3, 0.4) is 0 Å². The van der Waals surface area contributed by atoms with Crippen LogP contribution in [0.25, 0.3) is 0 Å². The van der Waals surface area contributed by atoms with Crippen LogP contribution in [0.5, 0.6) is 0 Å². The molecule has 2 heterocycles. The van der Waals surface area contributed by atoms with Crippen LogP contribution in [-0.2, 0) is 16.8 Å². The van der Waals surface area contributed by atoms with E-state index in [-0.39, 0.29) is 5.41 Å². The average molecular weight is 359 g/mol. The number of anilines is 1.